The van der Waals surface area contributed by atoms with E-state index in [1.165, 1.54) is 17.0 Å². The largest absolute Gasteiger partial charge is 0.397 e. The van der Waals surface area contributed by atoms with Crippen molar-refractivity contribution in [2.24, 2.45) is 5.92 Å². The van der Waals surface area contributed by atoms with Gasteiger partial charge in [0.05, 0.1) is 11.4 Å². The van der Waals surface area contributed by atoms with E-state index in [0.717, 1.165) is 42.5 Å². The molecule has 3 heterocycles. The summed E-state index contributed by atoms with van der Waals surface area (Å²) in [7, 11) is 0. The fourth-order valence-corrected chi connectivity index (χ4v) is 5.91. The molecule has 0 aromatic heterocycles. The summed E-state index contributed by atoms with van der Waals surface area (Å²) in [5.74, 6) is -1.57. The lowest BCUT2D eigenvalue weighted by Crippen LogP contribution is -2.51. The first-order chi connectivity index (χ1) is 16.8. The summed E-state index contributed by atoms with van der Waals surface area (Å²) >= 11 is 0. The van der Waals surface area contributed by atoms with Gasteiger partial charge in [0.15, 0.2) is 12.2 Å². The fraction of sp³-hybridized carbons (Fsp3) is 0.462. The molecular formula is C26H31FN4O4. The maximum absolute atomic E-state index is 13.5. The zero-order chi connectivity index (χ0) is 24.7. The van der Waals surface area contributed by atoms with Crippen molar-refractivity contribution in [1.82, 2.24) is 10.2 Å². The average molecular weight is 483 g/mol. The van der Waals surface area contributed by atoms with Crippen molar-refractivity contribution in [2.45, 2.75) is 63.1 Å². The predicted molar refractivity (Wildman–Crippen MR) is 129 cm³/mol. The smallest absolute Gasteiger partial charge is 0.255 e. The van der Waals surface area contributed by atoms with E-state index < -0.39 is 24.0 Å². The third-order valence-electron chi connectivity index (χ3n) is 7.64. The minimum Gasteiger partial charge on any atom is -0.397 e. The highest BCUT2D eigenvalue weighted by atomic mass is 19.1. The number of nitrogen functional groups attached to an aromatic ring is 1. The molecule has 5 N–H and O–H groups in total. The van der Waals surface area contributed by atoms with Crippen LogP contribution in [0, 0.1) is 11.7 Å². The number of anilines is 2. The lowest BCUT2D eigenvalue weighted by molar-refractivity contribution is -0.153. The molecule has 2 aromatic rings. The molecule has 9 heteroatoms. The molecule has 0 spiro atoms. The number of piperidine rings is 1. The Morgan fingerprint density at radius 3 is 2.26 bits per heavy atom. The Kier molecular flexibility index (Phi) is 6.37. The van der Waals surface area contributed by atoms with Crippen molar-refractivity contribution < 1.29 is 24.2 Å². The van der Waals surface area contributed by atoms with Gasteiger partial charge in [-0.3, -0.25) is 9.59 Å². The van der Waals surface area contributed by atoms with Crippen molar-refractivity contribution in [3.63, 3.8) is 0 Å². The van der Waals surface area contributed by atoms with Gasteiger partial charge in [0, 0.05) is 31.7 Å². The number of carbonyl (C=O) groups excluding carboxylic acids is 2. The van der Waals surface area contributed by atoms with Gasteiger partial charge in [-0.15, -0.1) is 0 Å². The molecule has 3 aliphatic rings. The number of halogens is 1. The van der Waals surface area contributed by atoms with Gasteiger partial charge < -0.3 is 31.1 Å². The Hall–Kier alpha value is -3.17. The highest BCUT2D eigenvalue weighted by Crippen LogP contribution is 2.43. The van der Waals surface area contributed by atoms with Crippen LogP contribution in [0.5, 0.6) is 0 Å². The minimum atomic E-state index is -1.83. The Balaban J connectivity index is 1.13. The average Bonchev–Trinajstić information content (AvgIpc) is 3.39. The summed E-state index contributed by atoms with van der Waals surface area (Å²) < 4.78 is 13.5. The number of benzene rings is 2. The minimum absolute atomic E-state index is 0.197. The van der Waals surface area contributed by atoms with Gasteiger partial charge in [-0.1, -0.05) is 24.3 Å². The van der Waals surface area contributed by atoms with E-state index >= 15 is 0 Å². The van der Waals surface area contributed by atoms with Gasteiger partial charge in [0.2, 0.25) is 0 Å². The third-order valence-corrected chi connectivity index (χ3v) is 7.64. The second-order valence-electron chi connectivity index (χ2n) is 9.93. The zero-order valence-corrected chi connectivity index (χ0v) is 19.4. The Morgan fingerprint density at radius 2 is 1.66 bits per heavy atom. The number of rotatable bonds is 6. The number of nitrogens with zero attached hydrogens (tertiary/aromatic N) is 2. The van der Waals surface area contributed by atoms with Crippen LogP contribution in [0.15, 0.2) is 42.5 Å². The van der Waals surface area contributed by atoms with Crippen molar-refractivity contribution in [2.75, 3.05) is 17.2 Å². The summed E-state index contributed by atoms with van der Waals surface area (Å²) in [6.07, 6.45) is 0.0137. The second-order valence-corrected chi connectivity index (χ2v) is 9.93. The van der Waals surface area contributed by atoms with E-state index in [1.807, 2.05) is 24.3 Å². The number of aliphatic hydroxyl groups excluding tert-OH is 2. The van der Waals surface area contributed by atoms with Crippen molar-refractivity contribution in [3.05, 3.63) is 59.4 Å². The van der Waals surface area contributed by atoms with Gasteiger partial charge >= 0.3 is 0 Å². The first kappa shape index (κ1) is 23.6. The maximum Gasteiger partial charge on any atom is 0.255 e. The van der Waals surface area contributed by atoms with Gasteiger partial charge in [-0.05, 0) is 60.9 Å². The molecule has 2 aromatic carbocycles. The second kappa shape index (κ2) is 9.47. The van der Waals surface area contributed by atoms with Crippen LogP contribution in [0.4, 0.5) is 15.8 Å². The Morgan fingerprint density at radius 1 is 1.03 bits per heavy atom. The first-order valence-electron chi connectivity index (χ1n) is 12.1. The molecule has 2 saturated heterocycles. The van der Waals surface area contributed by atoms with Gasteiger partial charge in [0.1, 0.15) is 5.82 Å². The Labute approximate surface area is 203 Å². The summed E-state index contributed by atoms with van der Waals surface area (Å²) in [4.78, 5) is 28.9. The quantitative estimate of drug-likeness (QED) is 0.464. The number of hydrogen-bond donors (Lipinski definition) is 4. The van der Waals surface area contributed by atoms with Gasteiger partial charge in [-0.25, -0.2) is 4.39 Å². The number of fused-ring (bicyclic) bond motifs is 3. The topological polar surface area (TPSA) is 119 Å². The highest BCUT2D eigenvalue weighted by molar-refractivity contribution is 5.91. The molecule has 5 rings (SSSR count). The molecule has 0 radical (unpaired) electrons. The summed E-state index contributed by atoms with van der Waals surface area (Å²) in [5, 5.41) is 23.5. The SMILES string of the molecule is Nc1cc(F)ccc1N1[C@@H]2CC[C@H]1CC(CNC(=O)[C@H](O)[C@@H](O)C(=O)N1Cc3ccccc3C1)C2. The number of nitrogens with two attached hydrogens (primary N) is 1. The Bertz CT molecular complexity index is 1090. The van der Waals surface area contributed by atoms with Crippen LogP contribution >= 0.6 is 0 Å². The molecule has 5 atom stereocenters. The number of hydrogen-bond acceptors (Lipinski definition) is 6. The molecule has 0 saturated carbocycles. The van der Waals surface area contributed by atoms with Crippen LogP contribution in [0.2, 0.25) is 0 Å². The summed E-state index contributed by atoms with van der Waals surface area (Å²) in [6, 6.07) is 12.6. The monoisotopic (exact) mass is 482 g/mol. The van der Waals surface area contributed by atoms with Crippen molar-refractivity contribution in [3.8, 4) is 0 Å². The van der Waals surface area contributed by atoms with Crippen LogP contribution in [-0.2, 0) is 22.7 Å². The van der Waals surface area contributed by atoms with Crippen molar-refractivity contribution in [1.29, 1.82) is 0 Å². The lowest BCUT2D eigenvalue weighted by atomic mass is 9.90. The molecule has 8 nitrogen and oxygen atoms in total. The first-order valence-corrected chi connectivity index (χ1v) is 12.1. The molecule has 2 amide bonds. The molecule has 3 aliphatic heterocycles. The van der Waals surface area contributed by atoms with E-state index in [1.54, 1.807) is 6.07 Å². The molecular weight excluding hydrogens is 451 g/mol. The van der Waals surface area contributed by atoms with E-state index in [2.05, 4.69) is 10.2 Å². The van der Waals surface area contributed by atoms with E-state index in [4.69, 9.17) is 5.73 Å². The summed E-state index contributed by atoms with van der Waals surface area (Å²) in [6.45, 7) is 1.05. The van der Waals surface area contributed by atoms with Crippen molar-refractivity contribution >= 4 is 23.2 Å². The van der Waals surface area contributed by atoms with Crippen LogP contribution in [0.3, 0.4) is 0 Å². The number of carbonyl (C=O) groups is 2. The van der Waals surface area contributed by atoms with E-state index in [9.17, 15) is 24.2 Å². The number of amides is 2. The fourth-order valence-electron chi connectivity index (χ4n) is 5.91. The van der Waals surface area contributed by atoms with E-state index in [-0.39, 0.29) is 23.8 Å². The molecule has 2 bridgehead atoms. The zero-order valence-electron chi connectivity index (χ0n) is 19.4. The van der Waals surface area contributed by atoms with Crippen LogP contribution in [-0.4, -0.2) is 57.8 Å². The van der Waals surface area contributed by atoms with Gasteiger partial charge in [0.25, 0.3) is 11.8 Å². The predicted octanol–water partition coefficient (Wildman–Crippen LogP) is 1.54. The molecule has 1 unspecified atom stereocenters. The number of nitrogens with one attached hydrogen (secondary N) is 1. The van der Waals surface area contributed by atoms with Crippen LogP contribution in [0.1, 0.15) is 36.8 Å². The van der Waals surface area contributed by atoms with E-state index in [0.29, 0.717) is 25.3 Å². The normalized spacial score (nSPS) is 24.7. The highest BCUT2D eigenvalue weighted by Gasteiger charge is 2.42. The molecule has 35 heavy (non-hydrogen) atoms. The van der Waals surface area contributed by atoms with Crippen LogP contribution in [0.25, 0.3) is 0 Å². The number of aliphatic hydroxyl groups is 2. The summed E-state index contributed by atoms with van der Waals surface area (Å²) in [5.41, 5.74) is 9.34. The lowest BCUT2D eigenvalue weighted by Gasteiger charge is -2.41. The maximum atomic E-state index is 13.5. The van der Waals surface area contributed by atoms with Crippen LogP contribution < -0.4 is 16.0 Å². The molecule has 0 aliphatic carbocycles. The molecule has 2 fully saturated rings. The van der Waals surface area contributed by atoms with Gasteiger partial charge in [-0.2, -0.15) is 0 Å². The molecule has 186 valence electrons. The third kappa shape index (κ3) is 4.58. The standard InChI is InChI=1S/C26H31FN4O4/c27-18-5-8-22(21(28)11-18)31-19-6-7-20(31)10-15(9-19)12-29-25(34)23(32)24(33)26(35)30-13-16-3-1-2-4-17(16)14-30/h1-5,8,11,15,19-20,23-24,32-33H,6-7,9-10,12-14,28H2,(H,29,34)/t15?,19-,20+,23-,24-/m1/s1.